The largest absolute Gasteiger partial charge is 0.366 e. The Balaban J connectivity index is 1.35. The van der Waals surface area contributed by atoms with Crippen LogP contribution in [0.4, 0.5) is 11.6 Å². The molecule has 10 nitrogen and oxygen atoms in total. The van der Waals surface area contributed by atoms with Crippen molar-refractivity contribution in [3.8, 4) is 6.07 Å². The number of hydrogen-bond donors (Lipinski definition) is 3. The van der Waals surface area contributed by atoms with Crippen LogP contribution < -0.4 is 16.2 Å². The SMILES string of the molecule is CC1CC(=Nc2nc(NC3C[C@H]4CC[C@@H](C3)N4CCC#N)cn3cnnc23)NN1. The summed E-state index contributed by atoms with van der Waals surface area (Å²) in [5.74, 6) is 2.22. The second-order valence-corrected chi connectivity index (χ2v) is 8.29. The van der Waals surface area contributed by atoms with Gasteiger partial charge >= 0.3 is 0 Å². The number of aliphatic imine (C=N–C) groups is 1. The minimum Gasteiger partial charge on any atom is -0.366 e. The number of rotatable bonds is 5. The molecule has 3 aliphatic rings. The summed E-state index contributed by atoms with van der Waals surface area (Å²) < 4.78 is 1.87. The first-order valence-corrected chi connectivity index (χ1v) is 10.4. The van der Waals surface area contributed by atoms with Crippen LogP contribution in [0.2, 0.25) is 0 Å². The molecule has 5 heterocycles. The van der Waals surface area contributed by atoms with Crippen LogP contribution in [0.1, 0.15) is 45.4 Å². The number of amidine groups is 1. The molecule has 2 bridgehead atoms. The molecule has 2 aromatic heterocycles. The molecule has 10 heteroatoms. The molecule has 2 aromatic rings. The number of fused-ring (bicyclic) bond motifs is 3. The lowest BCUT2D eigenvalue weighted by atomic mass is 9.97. The fourth-order valence-corrected chi connectivity index (χ4v) is 4.91. The Kier molecular flexibility index (Phi) is 4.77. The molecule has 3 aliphatic heterocycles. The van der Waals surface area contributed by atoms with Crippen LogP contribution in [0.15, 0.2) is 17.5 Å². The summed E-state index contributed by atoms with van der Waals surface area (Å²) in [5.41, 5.74) is 6.91. The van der Waals surface area contributed by atoms with Crippen LogP contribution in [-0.4, -0.2) is 61.0 Å². The summed E-state index contributed by atoms with van der Waals surface area (Å²) in [6.07, 6.45) is 9.67. The first kappa shape index (κ1) is 18.3. The Morgan fingerprint density at radius 1 is 1.34 bits per heavy atom. The van der Waals surface area contributed by atoms with Crippen molar-refractivity contribution in [3.05, 3.63) is 12.5 Å². The van der Waals surface area contributed by atoms with Crippen LogP contribution in [0.25, 0.3) is 5.65 Å². The highest BCUT2D eigenvalue weighted by atomic mass is 15.4. The van der Waals surface area contributed by atoms with Gasteiger partial charge in [-0.25, -0.2) is 15.4 Å². The zero-order valence-electron chi connectivity index (χ0n) is 16.5. The molecule has 152 valence electrons. The molecule has 3 saturated heterocycles. The Morgan fingerprint density at radius 2 is 2.17 bits per heavy atom. The lowest BCUT2D eigenvalue weighted by Crippen LogP contribution is -2.47. The van der Waals surface area contributed by atoms with Crippen molar-refractivity contribution in [3.63, 3.8) is 0 Å². The predicted molar refractivity (Wildman–Crippen MR) is 109 cm³/mol. The van der Waals surface area contributed by atoms with Crippen molar-refractivity contribution in [2.45, 2.75) is 69.6 Å². The monoisotopic (exact) mass is 394 g/mol. The summed E-state index contributed by atoms with van der Waals surface area (Å²) in [4.78, 5) is 12.0. The number of hydrazine groups is 1. The molecule has 3 N–H and O–H groups in total. The van der Waals surface area contributed by atoms with Crippen LogP contribution in [0, 0.1) is 11.3 Å². The first-order chi connectivity index (χ1) is 14.2. The van der Waals surface area contributed by atoms with E-state index >= 15 is 0 Å². The third kappa shape index (κ3) is 3.63. The highest BCUT2D eigenvalue weighted by Crippen LogP contribution is 2.36. The highest BCUT2D eigenvalue weighted by Gasteiger charge is 2.40. The third-order valence-electron chi connectivity index (χ3n) is 6.18. The minimum atomic E-state index is 0.339. The van der Waals surface area contributed by atoms with Gasteiger partial charge in [0.15, 0.2) is 0 Å². The van der Waals surface area contributed by atoms with E-state index in [1.807, 2.05) is 10.6 Å². The lowest BCUT2D eigenvalue weighted by molar-refractivity contribution is 0.135. The smallest absolute Gasteiger partial charge is 0.206 e. The lowest BCUT2D eigenvalue weighted by Gasteiger charge is -2.39. The van der Waals surface area contributed by atoms with Gasteiger partial charge in [0.25, 0.3) is 0 Å². The van der Waals surface area contributed by atoms with E-state index in [0.29, 0.717) is 42.1 Å². The Morgan fingerprint density at radius 3 is 2.90 bits per heavy atom. The fraction of sp³-hybridized carbons (Fsp3) is 0.632. The van der Waals surface area contributed by atoms with Gasteiger partial charge in [0, 0.05) is 43.6 Å². The van der Waals surface area contributed by atoms with Gasteiger partial charge in [-0.3, -0.25) is 9.30 Å². The maximum Gasteiger partial charge on any atom is 0.206 e. The quantitative estimate of drug-likeness (QED) is 0.696. The second-order valence-electron chi connectivity index (χ2n) is 8.29. The van der Waals surface area contributed by atoms with Gasteiger partial charge in [-0.05, 0) is 32.6 Å². The average Bonchev–Trinajstić information content (AvgIpc) is 3.39. The van der Waals surface area contributed by atoms with Crippen LogP contribution in [0.3, 0.4) is 0 Å². The van der Waals surface area contributed by atoms with Crippen molar-refractivity contribution in [1.29, 1.82) is 5.26 Å². The van der Waals surface area contributed by atoms with Gasteiger partial charge in [0.05, 0.1) is 12.3 Å². The van der Waals surface area contributed by atoms with E-state index in [9.17, 15) is 0 Å². The normalized spacial score (nSPS) is 30.6. The molecular formula is C19H26N10. The number of anilines is 1. The number of nitrogens with zero attached hydrogens (tertiary/aromatic N) is 7. The van der Waals surface area contributed by atoms with E-state index in [1.165, 1.54) is 12.8 Å². The summed E-state index contributed by atoms with van der Waals surface area (Å²) in [6.45, 7) is 3.00. The maximum absolute atomic E-state index is 8.92. The third-order valence-corrected chi connectivity index (χ3v) is 6.18. The van der Waals surface area contributed by atoms with Crippen LogP contribution in [0.5, 0.6) is 0 Å². The van der Waals surface area contributed by atoms with Crippen LogP contribution >= 0.6 is 0 Å². The molecule has 2 unspecified atom stereocenters. The van der Waals surface area contributed by atoms with E-state index in [2.05, 4.69) is 49.3 Å². The minimum absolute atomic E-state index is 0.339. The Labute approximate surface area is 169 Å². The number of aromatic nitrogens is 4. The second kappa shape index (κ2) is 7.57. The summed E-state index contributed by atoms with van der Waals surface area (Å²) in [5, 5.41) is 20.7. The average molecular weight is 394 g/mol. The first-order valence-electron chi connectivity index (χ1n) is 10.4. The van der Waals surface area contributed by atoms with Crippen molar-refractivity contribution in [2.24, 2.45) is 4.99 Å². The zero-order chi connectivity index (χ0) is 19.8. The molecule has 0 radical (unpaired) electrons. The molecule has 4 atom stereocenters. The topological polar surface area (TPSA) is 119 Å². The number of nitrogens with one attached hydrogen (secondary N) is 3. The van der Waals surface area contributed by atoms with Crippen molar-refractivity contribution in [2.75, 3.05) is 11.9 Å². The molecule has 3 fully saturated rings. The Hall–Kier alpha value is -2.77. The van der Waals surface area contributed by atoms with Gasteiger partial charge in [-0.15, -0.1) is 10.2 Å². The highest BCUT2D eigenvalue weighted by molar-refractivity contribution is 5.87. The number of nitriles is 1. The van der Waals surface area contributed by atoms with E-state index in [1.54, 1.807) is 6.33 Å². The van der Waals surface area contributed by atoms with Crippen LogP contribution in [-0.2, 0) is 0 Å². The molecule has 0 spiro atoms. The van der Waals surface area contributed by atoms with Gasteiger partial charge in [0.2, 0.25) is 11.5 Å². The van der Waals surface area contributed by atoms with E-state index in [0.717, 1.165) is 37.5 Å². The predicted octanol–water partition coefficient (Wildman–Crippen LogP) is 1.36. The standard InChI is InChI=1S/C19H26N10/c1-12-7-16(26-25-12)23-18-19-27-21-11-28(19)10-17(24-18)22-13-8-14-3-4-15(9-13)29(14)6-2-5-20/h10-15,22,25H,2-4,6-9H2,1H3,(H,23,24,26)/t12?,13?,14-,15+. The number of hydrogen-bond acceptors (Lipinski definition) is 8. The van der Waals surface area contributed by atoms with Gasteiger partial charge in [-0.1, -0.05) is 0 Å². The Bertz CT molecular complexity index is 946. The molecule has 0 aliphatic carbocycles. The van der Waals surface area contributed by atoms with Gasteiger partial charge in [-0.2, -0.15) is 5.26 Å². The number of piperidine rings is 1. The zero-order valence-corrected chi connectivity index (χ0v) is 16.5. The van der Waals surface area contributed by atoms with E-state index in [4.69, 9.17) is 10.2 Å². The van der Waals surface area contributed by atoms with Crippen molar-refractivity contribution < 1.29 is 0 Å². The van der Waals surface area contributed by atoms with Gasteiger partial charge < -0.3 is 10.7 Å². The van der Waals surface area contributed by atoms with E-state index < -0.39 is 0 Å². The molecular weight excluding hydrogens is 368 g/mol. The fourth-order valence-electron chi connectivity index (χ4n) is 4.91. The van der Waals surface area contributed by atoms with Crippen molar-refractivity contribution in [1.82, 2.24) is 35.3 Å². The molecule has 0 amide bonds. The van der Waals surface area contributed by atoms with Gasteiger partial charge in [0.1, 0.15) is 18.0 Å². The summed E-state index contributed by atoms with van der Waals surface area (Å²) >= 11 is 0. The van der Waals surface area contributed by atoms with Crippen molar-refractivity contribution >= 4 is 23.1 Å². The summed E-state index contributed by atoms with van der Waals surface area (Å²) in [7, 11) is 0. The molecule has 5 rings (SSSR count). The molecule has 0 aromatic carbocycles. The molecule has 29 heavy (non-hydrogen) atoms. The maximum atomic E-state index is 8.92. The summed E-state index contributed by atoms with van der Waals surface area (Å²) in [6, 6.07) is 4.12. The van der Waals surface area contributed by atoms with E-state index in [-0.39, 0.29) is 0 Å². The molecule has 0 saturated carbocycles.